The van der Waals surface area contributed by atoms with Crippen molar-refractivity contribution >= 4 is 15.9 Å². The highest BCUT2D eigenvalue weighted by Gasteiger charge is 2.15. The molecule has 0 unspecified atom stereocenters. The third-order valence-corrected chi connectivity index (χ3v) is 4.01. The summed E-state index contributed by atoms with van der Waals surface area (Å²) in [6, 6.07) is 0. The molecule has 0 aliphatic heterocycles. The Morgan fingerprint density at radius 2 is 2.05 bits per heavy atom. The van der Waals surface area contributed by atoms with Crippen LogP contribution in [0.2, 0.25) is 0 Å². The quantitative estimate of drug-likeness (QED) is 0.871. The highest BCUT2D eigenvalue weighted by atomic mass is 79.9. The number of nitrogens with zero attached hydrogens (tertiary/aromatic N) is 4. The summed E-state index contributed by atoms with van der Waals surface area (Å²) in [5.74, 6) is 0.745. The van der Waals surface area contributed by atoms with Gasteiger partial charge in [-0.05, 0) is 35.7 Å². The lowest BCUT2D eigenvalue weighted by atomic mass is 10.2. The number of hydrogen-bond donors (Lipinski definition) is 0. The van der Waals surface area contributed by atoms with Crippen molar-refractivity contribution in [1.29, 1.82) is 0 Å². The lowest BCUT2D eigenvalue weighted by Crippen LogP contribution is -2.27. The van der Waals surface area contributed by atoms with Gasteiger partial charge in [0.05, 0.1) is 15.9 Å². The van der Waals surface area contributed by atoms with Gasteiger partial charge in [-0.2, -0.15) is 5.10 Å². The zero-order valence-corrected chi connectivity index (χ0v) is 13.1. The summed E-state index contributed by atoms with van der Waals surface area (Å²) in [6.07, 6.45) is 3.36. The summed E-state index contributed by atoms with van der Waals surface area (Å²) in [4.78, 5) is 16.6. The Kier molecular flexibility index (Phi) is 3.89. The van der Waals surface area contributed by atoms with E-state index >= 15 is 0 Å². The van der Waals surface area contributed by atoms with E-state index in [2.05, 4.69) is 39.9 Å². The van der Waals surface area contributed by atoms with Crippen LogP contribution in [0.4, 0.5) is 0 Å². The Bertz CT molecular complexity index is 657. The normalized spacial score (nSPS) is 11.3. The molecule has 0 radical (unpaired) electrons. The molecular formula is C13H17BrN4O. The molecule has 0 bridgehead atoms. The summed E-state index contributed by atoms with van der Waals surface area (Å²) in [7, 11) is 0. The molecule has 0 spiro atoms. The SMILES string of the molecule is Cc1nn(-c2nccn(CC(C)C)c2=O)c(C)c1Br. The molecule has 2 rings (SSSR count). The van der Waals surface area contributed by atoms with E-state index in [1.165, 1.54) is 0 Å². The zero-order valence-electron chi connectivity index (χ0n) is 11.5. The molecule has 0 N–H and O–H groups in total. The predicted molar refractivity (Wildman–Crippen MR) is 77.6 cm³/mol. The summed E-state index contributed by atoms with van der Waals surface area (Å²) in [5.41, 5.74) is 1.61. The molecule has 0 aliphatic rings. The molecule has 102 valence electrons. The van der Waals surface area contributed by atoms with Gasteiger partial charge in [0.15, 0.2) is 0 Å². The van der Waals surface area contributed by atoms with Crippen molar-refractivity contribution in [3.63, 3.8) is 0 Å². The fourth-order valence-electron chi connectivity index (χ4n) is 1.95. The first kappa shape index (κ1) is 14.0. The molecule has 0 atom stereocenters. The van der Waals surface area contributed by atoms with Gasteiger partial charge in [-0.1, -0.05) is 13.8 Å². The maximum atomic E-state index is 12.4. The molecular weight excluding hydrogens is 308 g/mol. The molecule has 19 heavy (non-hydrogen) atoms. The van der Waals surface area contributed by atoms with Gasteiger partial charge in [0, 0.05) is 18.9 Å². The van der Waals surface area contributed by atoms with Crippen LogP contribution in [0.15, 0.2) is 21.7 Å². The van der Waals surface area contributed by atoms with E-state index in [4.69, 9.17) is 0 Å². The molecule has 0 fully saturated rings. The Morgan fingerprint density at radius 3 is 2.58 bits per heavy atom. The highest BCUT2D eigenvalue weighted by molar-refractivity contribution is 9.10. The zero-order chi connectivity index (χ0) is 14.2. The smallest absolute Gasteiger partial charge is 0.295 e. The van der Waals surface area contributed by atoms with Gasteiger partial charge in [-0.15, -0.1) is 0 Å². The summed E-state index contributed by atoms with van der Waals surface area (Å²) in [6.45, 7) is 8.63. The molecule has 6 heteroatoms. The third-order valence-electron chi connectivity index (χ3n) is 2.86. The van der Waals surface area contributed by atoms with E-state index in [0.717, 1.165) is 15.9 Å². The number of halogens is 1. The molecule has 0 saturated carbocycles. The number of aryl methyl sites for hydroxylation is 1. The first-order chi connectivity index (χ1) is 8.91. The average Bonchev–Trinajstić information content (AvgIpc) is 2.59. The van der Waals surface area contributed by atoms with Crippen molar-refractivity contribution in [3.05, 3.63) is 38.6 Å². The second kappa shape index (κ2) is 5.28. The topological polar surface area (TPSA) is 52.7 Å². The Morgan fingerprint density at radius 1 is 1.37 bits per heavy atom. The van der Waals surface area contributed by atoms with E-state index in [-0.39, 0.29) is 5.56 Å². The van der Waals surface area contributed by atoms with E-state index in [1.807, 2.05) is 13.8 Å². The molecule has 2 aromatic heterocycles. The van der Waals surface area contributed by atoms with Crippen molar-refractivity contribution in [1.82, 2.24) is 19.3 Å². The molecule has 0 aromatic carbocycles. The van der Waals surface area contributed by atoms with Gasteiger partial charge in [-0.3, -0.25) is 4.79 Å². The van der Waals surface area contributed by atoms with Crippen LogP contribution in [0.25, 0.3) is 5.82 Å². The van der Waals surface area contributed by atoms with Crippen molar-refractivity contribution in [2.45, 2.75) is 34.2 Å². The van der Waals surface area contributed by atoms with E-state index in [1.54, 1.807) is 21.6 Å². The number of hydrogen-bond acceptors (Lipinski definition) is 3. The Hall–Kier alpha value is -1.43. The van der Waals surface area contributed by atoms with Crippen LogP contribution in [0.3, 0.4) is 0 Å². The first-order valence-corrected chi connectivity index (χ1v) is 6.98. The Balaban J connectivity index is 2.57. The lowest BCUT2D eigenvalue weighted by Gasteiger charge is -2.10. The van der Waals surface area contributed by atoms with Gasteiger partial charge in [0.1, 0.15) is 0 Å². The fourth-order valence-corrected chi connectivity index (χ4v) is 2.20. The number of rotatable bonds is 3. The molecule has 2 heterocycles. The fraction of sp³-hybridized carbons (Fsp3) is 0.462. The predicted octanol–water partition coefficient (Wildman–Crippen LogP) is 2.46. The standard InChI is InChI=1S/C13H17BrN4O/c1-8(2)7-17-6-5-15-12(13(17)19)18-10(4)11(14)9(3)16-18/h5-6,8H,7H2,1-4H3. The maximum Gasteiger partial charge on any atom is 0.295 e. The second-order valence-electron chi connectivity index (χ2n) is 5.00. The third kappa shape index (κ3) is 2.63. The van der Waals surface area contributed by atoms with Crippen molar-refractivity contribution in [2.75, 3.05) is 0 Å². The van der Waals surface area contributed by atoms with Gasteiger partial charge >= 0.3 is 0 Å². The van der Waals surface area contributed by atoms with Crippen LogP contribution < -0.4 is 5.56 Å². The van der Waals surface area contributed by atoms with Gasteiger partial charge < -0.3 is 4.57 Å². The second-order valence-corrected chi connectivity index (χ2v) is 5.79. The van der Waals surface area contributed by atoms with Crippen LogP contribution in [0.1, 0.15) is 25.2 Å². The van der Waals surface area contributed by atoms with E-state index in [0.29, 0.717) is 18.3 Å². The lowest BCUT2D eigenvalue weighted by molar-refractivity contribution is 0.506. The molecule has 0 aliphatic carbocycles. The van der Waals surface area contributed by atoms with Crippen molar-refractivity contribution < 1.29 is 0 Å². The summed E-state index contributed by atoms with van der Waals surface area (Å²) in [5, 5.41) is 4.36. The molecule has 0 saturated heterocycles. The minimum Gasteiger partial charge on any atom is -0.310 e. The van der Waals surface area contributed by atoms with E-state index in [9.17, 15) is 4.79 Å². The van der Waals surface area contributed by atoms with E-state index < -0.39 is 0 Å². The van der Waals surface area contributed by atoms with Crippen molar-refractivity contribution in [3.8, 4) is 5.82 Å². The molecule has 2 aromatic rings. The first-order valence-electron chi connectivity index (χ1n) is 6.19. The van der Waals surface area contributed by atoms with Crippen molar-refractivity contribution in [2.24, 2.45) is 5.92 Å². The number of aromatic nitrogens is 4. The van der Waals surface area contributed by atoms with Gasteiger partial charge in [0.25, 0.3) is 5.56 Å². The molecule has 5 nitrogen and oxygen atoms in total. The highest BCUT2D eigenvalue weighted by Crippen LogP contribution is 2.20. The average molecular weight is 325 g/mol. The van der Waals surface area contributed by atoms with Crippen LogP contribution in [-0.4, -0.2) is 19.3 Å². The summed E-state index contributed by atoms with van der Waals surface area (Å²) >= 11 is 3.46. The van der Waals surface area contributed by atoms with Crippen LogP contribution in [0.5, 0.6) is 0 Å². The summed E-state index contributed by atoms with van der Waals surface area (Å²) < 4.78 is 4.18. The van der Waals surface area contributed by atoms with Gasteiger partial charge in [0.2, 0.25) is 5.82 Å². The Labute approximate surface area is 120 Å². The van der Waals surface area contributed by atoms with Crippen LogP contribution in [-0.2, 0) is 6.54 Å². The minimum atomic E-state index is -0.116. The molecule has 0 amide bonds. The minimum absolute atomic E-state index is 0.116. The van der Waals surface area contributed by atoms with Crippen LogP contribution >= 0.6 is 15.9 Å². The van der Waals surface area contributed by atoms with Gasteiger partial charge in [-0.25, -0.2) is 9.67 Å². The van der Waals surface area contributed by atoms with Crippen LogP contribution in [0, 0.1) is 19.8 Å². The maximum absolute atomic E-state index is 12.4. The largest absolute Gasteiger partial charge is 0.310 e. The monoisotopic (exact) mass is 324 g/mol.